The summed E-state index contributed by atoms with van der Waals surface area (Å²) >= 11 is 0. The largest absolute Gasteiger partial charge is 0.506 e. The van der Waals surface area contributed by atoms with Gasteiger partial charge in [-0.1, -0.05) is 30.4 Å². The van der Waals surface area contributed by atoms with Crippen LogP contribution in [0.2, 0.25) is 0 Å². The van der Waals surface area contributed by atoms with Crippen LogP contribution >= 0.6 is 0 Å². The van der Waals surface area contributed by atoms with E-state index in [-0.39, 0.29) is 5.75 Å². The molecule has 4 heteroatoms. The molecule has 0 saturated carbocycles. The highest BCUT2D eigenvalue weighted by Gasteiger charge is 2.28. The number of benzene rings is 2. The number of hydrazine groups is 2. The number of nitrogens with one attached hydrogen (secondary N) is 1. The Morgan fingerprint density at radius 3 is 2.71 bits per heavy atom. The van der Waals surface area contributed by atoms with E-state index < -0.39 is 0 Å². The van der Waals surface area contributed by atoms with Crippen LogP contribution in [0.25, 0.3) is 0 Å². The van der Waals surface area contributed by atoms with Crippen molar-refractivity contribution in [3.8, 4) is 5.75 Å². The lowest BCUT2D eigenvalue weighted by Crippen LogP contribution is -2.42. The number of aryl methyl sites for hydroxylation is 1. The van der Waals surface area contributed by atoms with Gasteiger partial charge in [0.05, 0.1) is 17.9 Å². The second kappa shape index (κ2) is 5.05. The number of fused-ring (bicyclic) bond motifs is 1. The summed E-state index contributed by atoms with van der Waals surface area (Å²) in [6, 6.07) is 13.6. The Hall–Kier alpha value is -2.62. The number of phenolic OH excluding ortho intramolecular Hbond substituents is 1. The quantitative estimate of drug-likeness (QED) is 0.838. The average molecular weight is 281 g/mol. The molecule has 2 aromatic rings. The van der Waals surface area contributed by atoms with E-state index in [1.807, 2.05) is 49.3 Å². The van der Waals surface area contributed by atoms with E-state index in [1.165, 1.54) is 0 Å². The van der Waals surface area contributed by atoms with Gasteiger partial charge in [0, 0.05) is 0 Å². The molecule has 1 heterocycles. The van der Waals surface area contributed by atoms with E-state index >= 15 is 0 Å². The minimum Gasteiger partial charge on any atom is -0.506 e. The zero-order valence-electron chi connectivity index (χ0n) is 12.3. The van der Waals surface area contributed by atoms with Crippen LogP contribution in [0.5, 0.6) is 5.75 Å². The zero-order chi connectivity index (χ0) is 15.0. The van der Waals surface area contributed by atoms with Crippen LogP contribution in [0, 0.1) is 6.92 Å². The highest BCUT2D eigenvalue weighted by molar-refractivity contribution is 5.82. The van der Waals surface area contributed by atoms with Crippen LogP contribution < -0.4 is 15.6 Å². The lowest BCUT2D eigenvalue weighted by Gasteiger charge is -2.31. The summed E-state index contributed by atoms with van der Waals surface area (Å²) in [6.45, 7) is 8.68. The number of anilines is 3. The molecule has 1 aliphatic heterocycles. The maximum absolute atomic E-state index is 10.2. The third-order valence-corrected chi connectivity index (χ3v) is 3.43. The number of hydrogen-bond donors (Lipinski definition) is 2. The SMILES string of the molecule is C=C(C)CN1c2ccccc2NN1c1cc(C)ccc1O. The fourth-order valence-electron chi connectivity index (χ4n) is 2.48. The molecular weight excluding hydrogens is 262 g/mol. The van der Waals surface area contributed by atoms with Crippen molar-refractivity contribution in [2.75, 3.05) is 22.1 Å². The fraction of sp³-hybridized carbons (Fsp3) is 0.176. The van der Waals surface area contributed by atoms with Crippen molar-refractivity contribution in [3.63, 3.8) is 0 Å². The molecule has 4 nitrogen and oxygen atoms in total. The number of hydrogen-bond acceptors (Lipinski definition) is 4. The van der Waals surface area contributed by atoms with E-state index in [0.717, 1.165) is 28.2 Å². The van der Waals surface area contributed by atoms with Gasteiger partial charge in [0.2, 0.25) is 0 Å². The van der Waals surface area contributed by atoms with Gasteiger partial charge in [0.15, 0.2) is 0 Å². The van der Waals surface area contributed by atoms with Gasteiger partial charge in [-0.25, -0.2) is 0 Å². The highest BCUT2D eigenvalue weighted by Crippen LogP contribution is 2.39. The summed E-state index contributed by atoms with van der Waals surface area (Å²) in [4.78, 5) is 0. The summed E-state index contributed by atoms with van der Waals surface area (Å²) < 4.78 is 0. The van der Waals surface area contributed by atoms with Crippen LogP contribution in [0.1, 0.15) is 12.5 Å². The number of phenols is 1. The molecule has 0 aromatic heterocycles. The Morgan fingerprint density at radius 1 is 1.19 bits per heavy atom. The van der Waals surface area contributed by atoms with Crippen molar-refractivity contribution in [2.45, 2.75) is 13.8 Å². The smallest absolute Gasteiger partial charge is 0.142 e. The standard InChI is InChI=1S/C17H19N3O/c1-12(2)11-19-15-7-5-4-6-14(15)18-20(19)16-10-13(3)8-9-17(16)21/h4-10,18,21H,1,11H2,2-3H3. The fourth-order valence-corrected chi connectivity index (χ4v) is 2.48. The van der Waals surface area contributed by atoms with Gasteiger partial charge in [-0.2, -0.15) is 5.12 Å². The van der Waals surface area contributed by atoms with E-state index in [4.69, 9.17) is 0 Å². The molecule has 0 aliphatic carbocycles. The molecule has 2 N–H and O–H groups in total. The Balaban J connectivity index is 2.06. The first kappa shape index (κ1) is 13.4. The van der Waals surface area contributed by atoms with Crippen LogP contribution in [-0.4, -0.2) is 11.7 Å². The number of nitrogens with zero attached hydrogens (tertiary/aromatic N) is 2. The lowest BCUT2D eigenvalue weighted by atomic mass is 10.2. The predicted molar refractivity (Wildman–Crippen MR) is 87.5 cm³/mol. The van der Waals surface area contributed by atoms with Crippen molar-refractivity contribution in [1.29, 1.82) is 0 Å². The summed E-state index contributed by atoms with van der Waals surface area (Å²) in [5.74, 6) is 0.243. The monoisotopic (exact) mass is 281 g/mol. The third kappa shape index (κ3) is 2.40. The van der Waals surface area contributed by atoms with Crippen molar-refractivity contribution in [3.05, 3.63) is 60.2 Å². The Labute approximate surface area is 124 Å². The van der Waals surface area contributed by atoms with Gasteiger partial charge in [-0.05, 0) is 43.7 Å². The molecule has 0 saturated heterocycles. The van der Waals surface area contributed by atoms with E-state index in [1.54, 1.807) is 6.07 Å². The molecule has 0 spiro atoms. The summed E-state index contributed by atoms with van der Waals surface area (Å²) in [6.07, 6.45) is 0. The molecule has 0 unspecified atom stereocenters. The topological polar surface area (TPSA) is 38.7 Å². The van der Waals surface area contributed by atoms with Crippen molar-refractivity contribution in [2.24, 2.45) is 0 Å². The molecule has 108 valence electrons. The van der Waals surface area contributed by atoms with Crippen molar-refractivity contribution < 1.29 is 5.11 Å². The van der Waals surface area contributed by atoms with Crippen LogP contribution in [0.4, 0.5) is 17.1 Å². The molecule has 0 radical (unpaired) electrons. The molecule has 0 fully saturated rings. The normalized spacial score (nSPS) is 13.0. The molecule has 3 rings (SSSR count). The van der Waals surface area contributed by atoms with Gasteiger partial charge in [-0.3, -0.25) is 10.4 Å². The Bertz CT molecular complexity index is 696. The molecule has 21 heavy (non-hydrogen) atoms. The molecule has 0 bridgehead atoms. The summed E-state index contributed by atoms with van der Waals surface area (Å²) in [5.41, 5.74) is 8.29. The summed E-state index contributed by atoms with van der Waals surface area (Å²) in [5, 5.41) is 14.1. The van der Waals surface area contributed by atoms with E-state index in [0.29, 0.717) is 6.54 Å². The van der Waals surface area contributed by atoms with Crippen LogP contribution in [0.3, 0.4) is 0 Å². The minimum absolute atomic E-state index is 0.243. The third-order valence-electron chi connectivity index (χ3n) is 3.43. The second-order valence-electron chi connectivity index (χ2n) is 5.45. The van der Waals surface area contributed by atoms with Crippen molar-refractivity contribution >= 4 is 17.1 Å². The molecular formula is C17H19N3O. The average Bonchev–Trinajstić information content (AvgIpc) is 2.80. The maximum Gasteiger partial charge on any atom is 0.142 e. The van der Waals surface area contributed by atoms with Crippen molar-refractivity contribution in [1.82, 2.24) is 0 Å². The van der Waals surface area contributed by atoms with E-state index in [2.05, 4.69) is 23.1 Å². The minimum atomic E-state index is 0.243. The predicted octanol–water partition coefficient (Wildman–Crippen LogP) is 3.85. The van der Waals surface area contributed by atoms with E-state index in [9.17, 15) is 5.11 Å². The Morgan fingerprint density at radius 2 is 1.95 bits per heavy atom. The van der Waals surface area contributed by atoms with Gasteiger partial charge < -0.3 is 5.11 Å². The zero-order valence-corrected chi connectivity index (χ0v) is 12.3. The number of aromatic hydroxyl groups is 1. The lowest BCUT2D eigenvalue weighted by molar-refractivity contribution is 0.474. The molecule has 1 aliphatic rings. The first-order valence-corrected chi connectivity index (χ1v) is 6.93. The number of rotatable bonds is 3. The first-order valence-electron chi connectivity index (χ1n) is 6.93. The highest BCUT2D eigenvalue weighted by atomic mass is 16.3. The molecule has 0 amide bonds. The summed E-state index contributed by atoms with van der Waals surface area (Å²) in [7, 11) is 0. The Kier molecular flexibility index (Phi) is 3.22. The van der Waals surface area contributed by atoms with Gasteiger partial charge in [0.1, 0.15) is 11.4 Å². The maximum atomic E-state index is 10.2. The molecule has 0 atom stereocenters. The number of para-hydroxylation sites is 2. The second-order valence-corrected chi connectivity index (χ2v) is 5.45. The first-order chi connectivity index (χ1) is 10.1. The van der Waals surface area contributed by atoms with Crippen LogP contribution in [0.15, 0.2) is 54.6 Å². The van der Waals surface area contributed by atoms with Gasteiger partial charge in [-0.15, -0.1) is 0 Å². The van der Waals surface area contributed by atoms with Gasteiger partial charge >= 0.3 is 0 Å². The molecule has 2 aromatic carbocycles. The van der Waals surface area contributed by atoms with Gasteiger partial charge in [0.25, 0.3) is 0 Å². The van der Waals surface area contributed by atoms with Crippen LogP contribution in [-0.2, 0) is 0 Å².